The molecular weight excluding hydrogens is 228 g/mol. The molecule has 0 saturated carbocycles. The molecule has 0 aliphatic carbocycles. The third-order valence-corrected chi connectivity index (χ3v) is 3.38. The normalized spacial score (nSPS) is 23.7. The van der Waals surface area contributed by atoms with Crippen molar-refractivity contribution in [3.8, 4) is 5.75 Å². The minimum Gasteiger partial charge on any atom is -0.493 e. The van der Waals surface area contributed by atoms with Gasteiger partial charge in [-0.2, -0.15) is 0 Å². The molecule has 0 radical (unpaired) electrons. The molecule has 0 aromatic heterocycles. The molecule has 1 atom stereocenters. The van der Waals surface area contributed by atoms with Crippen molar-refractivity contribution in [2.75, 3.05) is 13.2 Å². The second kappa shape index (κ2) is 5.53. The first-order chi connectivity index (χ1) is 8.67. The zero-order valence-corrected chi connectivity index (χ0v) is 11.1. The summed E-state index contributed by atoms with van der Waals surface area (Å²) in [5, 5.41) is 0. The molecule has 1 aromatic carbocycles. The summed E-state index contributed by atoms with van der Waals surface area (Å²) < 4.78 is 11.2. The van der Waals surface area contributed by atoms with Crippen LogP contribution in [-0.4, -0.2) is 24.6 Å². The number of benzene rings is 1. The molecule has 0 amide bonds. The van der Waals surface area contributed by atoms with Gasteiger partial charge in [-0.3, -0.25) is 4.79 Å². The van der Waals surface area contributed by atoms with Gasteiger partial charge in [0.1, 0.15) is 11.4 Å². The lowest BCUT2D eigenvalue weighted by Crippen LogP contribution is -2.41. The first kappa shape index (κ1) is 13.1. The van der Waals surface area contributed by atoms with E-state index in [0.29, 0.717) is 24.5 Å². The maximum atomic E-state index is 12.6. The Morgan fingerprint density at radius 1 is 1.39 bits per heavy atom. The van der Waals surface area contributed by atoms with Crippen LogP contribution in [-0.2, 0) is 4.74 Å². The van der Waals surface area contributed by atoms with Crippen LogP contribution in [0.3, 0.4) is 0 Å². The zero-order valence-electron chi connectivity index (χ0n) is 11.1. The monoisotopic (exact) mass is 248 g/mol. The number of para-hydroxylation sites is 1. The molecule has 3 heteroatoms. The Morgan fingerprint density at radius 3 is 2.83 bits per heavy atom. The third kappa shape index (κ3) is 2.56. The van der Waals surface area contributed by atoms with Gasteiger partial charge in [-0.25, -0.2) is 0 Å². The summed E-state index contributed by atoms with van der Waals surface area (Å²) >= 11 is 0. The summed E-state index contributed by atoms with van der Waals surface area (Å²) in [6, 6.07) is 7.40. The number of hydrogen-bond acceptors (Lipinski definition) is 3. The van der Waals surface area contributed by atoms with Crippen LogP contribution in [0.2, 0.25) is 0 Å². The van der Waals surface area contributed by atoms with Crippen LogP contribution in [0.25, 0.3) is 0 Å². The van der Waals surface area contributed by atoms with Gasteiger partial charge in [-0.15, -0.1) is 0 Å². The van der Waals surface area contributed by atoms with Gasteiger partial charge < -0.3 is 9.47 Å². The molecule has 1 aliphatic heterocycles. The number of ether oxygens (including phenoxy) is 2. The van der Waals surface area contributed by atoms with E-state index >= 15 is 0 Å². The predicted octanol–water partition coefficient (Wildman–Crippen LogP) is 3.23. The molecule has 98 valence electrons. The van der Waals surface area contributed by atoms with Crippen LogP contribution in [0.1, 0.15) is 43.5 Å². The molecule has 0 spiro atoms. The smallest absolute Gasteiger partial charge is 0.198 e. The Morgan fingerprint density at radius 2 is 2.17 bits per heavy atom. The van der Waals surface area contributed by atoms with Crippen molar-refractivity contribution in [1.29, 1.82) is 0 Å². The van der Waals surface area contributed by atoms with Crippen LogP contribution >= 0.6 is 0 Å². The lowest BCUT2D eigenvalue weighted by Gasteiger charge is -2.32. The standard InChI is InChI=1S/C15H20O3/c1-3-17-13-9-5-4-8-12(13)14(16)15(2)10-6-7-11-18-15/h4-5,8-9H,3,6-7,10-11H2,1-2H3. The van der Waals surface area contributed by atoms with Crippen LogP contribution in [0.15, 0.2) is 24.3 Å². The van der Waals surface area contributed by atoms with Gasteiger partial charge in [0.05, 0.1) is 12.2 Å². The van der Waals surface area contributed by atoms with Crippen LogP contribution in [0, 0.1) is 0 Å². The minimum atomic E-state index is -0.689. The first-order valence-corrected chi connectivity index (χ1v) is 6.58. The van der Waals surface area contributed by atoms with Crippen molar-refractivity contribution in [3.05, 3.63) is 29.8 Å². The van der Waals surface area contributed by atoms with Gasteiger partial charge in [0, 0.05) is 6.61 Å². The maximum Gasteiger partial charge on any atom is 0.198 e. The average Bonchev–Trinajstić information content (AvgIpc) is 2.40. The van der Waals surface area contributed by atoms with E-state index in [2.05, 4.69) is 0 Å². The van der Waals surface area contributed by atoms with E-state index in [4.69, 9.17) is 9.47 Å². The average molecular weight is 248 g/mol. The molecular formula is C15H20O3. The second-order valence-electron chi connectivity index (χ2n) is 4.79. The third-order valence-electron chi connectivity index (χ3n) is 3.38. The van der Waals surface area contributed by atoms with Gasteiger partial charge in [0.2, 0.25) is 0 Å². The highest BCUT2D eigenvalue weighted by Crippen LogP contribution is 2.31. The summed E-state index contributed by atoms with van der Waals surface area (Å²) in [5.41, 5.74) is -0.0606. The highest BCUT2D eigenvalue weighted by Gasteiger charge is 2.37. The largest absolute Gasteiger partial charge is 0.493 e. The van der Waals surface area contributed by atoms with E-state index in [9.17, 15) is 4.79 Å². The number of carbonyl (C=O) groups is 1. The number of ketones is 1. The van der Waals surface area contributed by atoms with E-state index in [-0.39, 0.29) is 5.78 Å². The number of hydrogen-bond donors (Lipinski definition) is 0. The fourth-order valence-corrected chi connectivity index (χ4v) is 2.33. The fourth-order valence-electron chi connectivity index (χ4n) is 2.33. The van der Waals surface area contributed by atoms with Gasteiger partial charge >= 0.3 is 0 Å². The first-order valence-electron chi connectivity index (χ1n) is 6.58. The fraction of sp³-hybridized carbons (Fsp3) is 0.533. The van der Waals surface area contributed by atoms with Crippen LogP contribution in [0.5, 0.6) is 5.75 Å². The molecule has 18 heavy (non-hydrogen) atoms. The molecule has 2 rings (SSSR count). The zero-order chi connectivity index (χ0) is 13.0. The van der Waals surface area contributed by atoms with E-state index in [1.54, 1.807) is 0 Å². The summed E-state index contributed by atoms with van der Waals surface area (Å²) in [6.45, 7) is 5.03. The lowest BCUT2D eigenvalue weighted by atomic mass is 9.87. The van der Waals surface area contributed by atoms with E-state index in [1.807, 2.05) is 38.1 Å². The van der Waals surface area contributed by atoms with Gasteiger partial charge in [0.15, 0.2) is 5.78 Å². The molecule has 0 bridgehead atoms. The molecule has 1 aromatic rings. The molecule has 1 unspecified atom stereocenters. The topological polar surface area (TPSA) is 35.5 Å². The Balaban J connectivity index is 2.27. The lowest BCUT2D eigenvalue weighted by molar-refractivity contribution is -0.0427. The highest BCUT2D eigenvalue weighted by atomic mass is 16.5. The molecule has 3 nitrogen and oxygen atoms in total. The Bertz CT molecular complexity index is 420. The quantitative estimate of drug-likeness (QED) is 0.767. The van der Waals surface area contributed by atoms with Crippen molar-refractivity contribution in [3.63, 3.8) is 0 Å². The second-order valence-corrected chi connectivity index (χ2v) is 4.79. The van der Waals surface area contributed by atoms with Crippen molar-refractivity contribution in [2.45, 2.75) is 38.7 Å². The van der Waals surface area contributed by atoms with Crippen molar-refractivity contribution in [1.82, 2.24) is 0 Å². The van der Waals surface area contributed by atoms with Crippen LogP contribution in [0.4, 0.5) is 0 Å². The number of Topliss-reactive ketones (excluding diaryl/α,β-unsaturated/α-hetero) is 1. The molecule has 1 saturated heterocycles. The number of rotatable bonds is 4. The van der Waals surface area contributed by atoms with Crippen LogP contribution < -0.4 is 4.74 Å². The van der Waals surface area contributed by atoms with E-state index in [1.165, 1.54) is 0 Å². The maximum absolute atomic E-state index is 12.6. The van der Waals surface area contributed by atoms with Gasteiger partial charge in [-0.05, 0) is 45.2 Å². The molecule has 1 fully saturated rings. The molecule has 1 aliphatic rings. The van der Waals surface area contributed by atoms with E-state index in [0.717, 1.165) is 19.3 Å². The summed E-state index contributed by atoms with van der Waals surface area (Å²) in [5.74, 6) is 0.687. The highest BCUT2D eigenvalue weighted by molar-refractivity contribution is 6.04. The van der Waals surface area contributed by atoms with Crippen molar-refractivity contribution < 1.29 is 14.3 Å². The summed E-state index contributed by atoms with van der Waals surface area (Å²) in [7, 11) is 0. The summed E-state index contributed by atoms with van der Waals surface area (Å²) in [4.78, 5) is 12.6. The number of carbonyl (C=O) groups excluding carboxylic acids is 1. The summed E-state index contributed by atoms with van der Waals surface area (Å²) in [6.07, 6.45) is 2.86. The predicted molar refractivity (Wildman–Crippen MR) is 70.1 cm³/mol. The van der Waals surface area contributed by atoms with Crippen molar-refractivity contribution in [2.24, 2.45) is 0 Å². The SMILES string of the molecule is CCOc1ccccc1C(=O)C1(C)CCCCO1. The Kier molecular flexibility index (Phi) is 4.02. The molecule has 0 N–H and O–H groups in total. The minimum absolute atomic E-state index is 0.0336. The van der Waals surface area contributed by atoms with Gasteiger partial charge in [-0.1, -0.05) is 12.1 Å². The molecule has 1 heterocycles. The van der Waals surface area contributed by atoms with Gasteiger partial charge in [0.25, 0.3) is 0 Å². The Hall–Kier alpha value is -1.35. The Labute approximate surface area is 108 Å². The van der Waals surface area contributed by atoms with Crippen molar-refractivity contribution >= 4 is 5.78 Å². The van der Waals surface area contributed by atoms with E-state index < -0.39 is 5.60 Å².